The number of piperidine rings is 3. The van der Waals surface area contributed by atoms with Crippen LogP contribution in [0, 0.1) is 23.3 Å². The Morgan fingerprint density at radius 1 is 0.266 bits per heavy atom. The van der Waals surface area contributed by atoms with Crippen molar-refractivity contribution >= 4 is 27.9 Å². The number of nitrogens with zero attached hydrogens (tertiary/aromatic N) is 6. The van der Waals surface area contributed by atoms with Crippen LogP contribution in [0.25, 0.3) is 27.9 Å². The topological polar surface area (TPSA) is 85.8 Å². The van der Waals surface area contributed by atoms with E-state index in [1.807, 2.05) is 115 Å². The van der Waals surface area contributed by atoms with Crippen LogP contribution in [-0.4, -0.2) is 186 Å². The van der Waals surface area contributed by atoms with E-state index in [4.69, 9.17) is 23.7 Å². The van der Waals surface area contributed by atoms with Gasteiger partial charge in [-0.25, -0.2) is 17.6 Å². The molecule has 20 rings (SSSR count). The molecule has 5 fully saturated rings. The van der Waals surface area contributed by atoms with Crippen molar-refractivity contribution in [2.75, 3.05) is 151 Å². The lowest BCUT2D eigenvalue weighted by molar-refractivity contribution is -0.137. The number of phenols is 1. The van der Waals surface area contributed by atoms with Crippen LogP contribution in [-0.2, 0) is 6.18 Å². The number of likely N-dealkylation sites (tertiary alicyclic amines) is 4. The molecule has 644 valence electrons. The molecule has 5 saturated heterocycles. The van der Waals surface area contributed by atoms with Crippen molar-refractivity contribution in [3.63, 3.8) is 0 Å². The minimum absolute atomic E-state index is 0.197. The van der Waals surface area contributed by atoms with Gasteiger partial charge in [-0.2, -0.15) is 13.2 Å². The largest absolute Gasteiger partial charge is 0.508 e. The van der Waals surface area contributed by atoms with Gasteiger partial charge in [0.2, 0.25) is 0 Å². The number of benzene rings is 10. The second-order valence-electron chi connectivity index (χ2n) is 33.7. The molecule has 0 saturated carbocycles. The summed E-state index contributed by atoms with van der Waals surface area (Å²) >= 11 is 0. The van der Waals surface area contributed by atoms with E-state index in [0.29, 0.717) is 33.0 Å². The monoisotopic (exact) mass is 1680 g/mol. The summed E-state index contributed by atoms with van der Waals surface area (Å²) in [5.74, 6) is 3.65. The Morgan fingerprint density at radius 2 is 0.500 bits per heavy atom. The standard InChI is InChI=1S/C22H22F3NO.C21H23FN2O.2C21H22FNO.C20H20FNO2/c23-22(24,25)18-10-8-16(9-11-18)21-17(14-26-12-4-1-5-13-26)15-27-20-7-3-2-6-19(20)21;1-23-10-12-24(13-11-23)14-17-15-25-20-5-3-2-4-19(20)21(17)16-6-8-18(22)9-7-16;2*22-18-10-8-16(9-11-18)21-17(14-23-12-4-1-5-13-23)15-24-20-7-3-2-6-19(20)21;21-16-5-3-14(4-6-16)20-15(12-22-9-1-2-10-22)13-24-19-8-7-17(23)11-18(19)20/h2-3,6-11H,1,4-5,12-15H2;2-9H,10-15H2,1H3;2*2-3,6-11H,1,4-5,12-15H2;3-8,11,23H,1-2,9-10,12-13H2. The molecule has 10 heterocycles. The van der Waals surface area contributed by atoms with Gasteiger partial charge in [-0.1, -0.05) is 153 Å². The molecule has 12 nitrogen and oxygen atoms in total. The zero-order valence-electron chi connectivity index (χ0n) is 70.7. The van der Waals surface area contributed by atoms with Crippen molar-refractivity contribution < 1.29 is 59.5 Å². The van der Waals surface area contributed by atoms with E-state index in [9.17, 15) is 35.8 Å². The molecule has 0 atom stereocenters. The SMILES string of the molecule is CN1CCN(CC2=C(c3ccc(F)cc3)c3ccccc3OC2)CC1.FC(F)(F)c1ccc(C2=C(CN3CCCCC3)COc3ccccc32)cc1.Fc1ccc(C2=C(CN3CCCCC3)COc3ccccc32)cc1.Fc1ccc(C2=C(CN3CCCCC3)COc3ccccc32)cc1.Oc1ccc2c(c1)C(c1ccc(F)cc1)=C(CN1CCCC1)CO2. The average molecular weight is 1680 g/mol. The predicted octanol–water partition coefficient (Wildman–Crippen LogP) is 21.5. The predicted molar refractivity (Wildman–Crippen MR) is 479 cm³/mol. The number of para-hydroxylation sites is 4. The van der Waals surface area contributed by atoms with Crippen LogP contribution in [0.3, 0.4) is 0 Å². The van der Waals surface area contributed by atoms with E-state index in [0.717, 1.165) is 212 Å². The number of halogens is 7. The first-order valence-electron chi connectivity index (χ1n) is 44.0. The maximum Gasteiger partial charge on any atom is 0.416 e. The molecular weight excluding hydrogens is 1570 g/mol. The van der Waals surface area contributed by atoms with E-state index < -0.39 is 11.7 Å². The van der Waals surface area contributed by atoms with Crippen LogP contribution in [0.15, 0.2) is 264 Å². The molecular formula is C105H109F7N6O6. The third-order valence-electron chi connectivity index (χ3n) is 24.9. The van der Waals surface area contributed by atoms with Gasteiger partial charge in [0.05, 0.1) is 5.56 Å². The van der Waals surface area contributed by atoms with Crippen LogP contribution in [0.2, 0.25) is 0 Å². The molecule has 0 aromatic heterocycles. The molecule has 10 aromatic carbocycles. The summed E-state index contributed by atoms with van der Waals surface area (Å²) in [6, 6.07) is 69.9. The number of likely N-dealkylation sites (N-methyl/N-ethyl adjacent to an activating group) is 1. The summed E-state index contributed by atoms with van der Waals surface area (Å²) in [5.41, 5.74) is 21.4. The smallest absolute Gasteiger partial charge is 0.416 e. The molecule has 0 amide bonds. The van der Waals surface area contributed by atoms with Crippen molar-refractivity contribution in [1.29, 1.82) is 0 Å². The Balaban J connectivity index is 0.000000115. The lowest BCUT2D eigenvalue weighted by Gasteiger charge is -2.34. The minimum Gasteiger partial charge on any atom is -0.508 e. The number of ether oxygens (including phenoxy) is 5. The molecule has 124 heavy (non-hydrogen) atoms. The highest BCUT2D eigenvalue weighted by Gasteiger charge is 2.34. The van der Waals surface area contributed by atoms with Crippen molar-refractivity contribution in [3.8, 4) is 34.5 Å². The van der Waals surface area contributed by atoms with Crippen molar-refractivity contribution in [1.82, 2.24) is 29.4 Å². The normalized spacial score (nSPS) is 18.2. The first-order valence-corrected chi connectivity index (χ1v) is 44.0. The molecule has 19 heteroatoms. The number of piperazine rings is 1. The fourth-order valence-electron chi connectivity index (χ4n) is 18.5. The molecule has 1 N–H and O–H groups in total. The minimum atomic E-state index is -4.32. The van der Waals surface area contributed by atoms with Gasteiger partial charge in [0.25, 0.3) is 0 Å². The van der Waals surface area contributed by atoms with E-state index >= 15 is 0 Å². The van der Waals surface area contributed by atoms with Gasteiger partial charge in [-0.15, -0.1) is 0 Å². The first kappa shape index (κ1) is 86.5. The van der Waals surface area contributed by atoms with E-state index in [-0.39, 0.29) is 29.0 Å². The molecule has 10 aromatic rings. The number of hydrogen-bond donors (Lipinski definition) is 1. The van der Waals surface area contributed by atoms with E-state index in [1.54, 1.807) is 66.7 Å². The van der Waals surface area contributed by atoms with Gasteiger partial charge in [0.15, 0.2) is 0 Å². The second kappa shape index (κ2) is 41.2. The Kier molecular flexibility index (Phi) is 28.7. The molecule has 10 aliphatic heterocycles. The fourth-order valence-corrected chi connectivity index (χ4v) is 18.5. The van der Waals surface area contributed by atoms with Crippen molar-refractivity contribution in [3.05, 3.63) is 349 Å². The van der Waals surface area contributed by atoms with Gasteiger partial charge in [0, 0.05) is 86.7 Å². The quantitative estimate of drug-likeness (QED) is 0.0992. The molecule has 0 aliphatic carbocycles. The van der Waals surface area contributed by atoms with Crippen molar-refractivity contribution in [2.45, 2.75) is 76.8 Å². The molecule has 0 spiro atoms. The highest BCUT2D eigenvalue weighted by Crippen LogP contribution is 2.45. The number of hydrogen-bond acceptors (Lipinski definition) is 12. The highest BCUT2D eigenvalue weighted by molar-refractivity contribution is 5.90. The summed E-state index contributed by atoms with van der Waals surface area (Å²) in [5, 5.41) is 9.92. The van der Waals surface area contributed by atoms with E-state index in [1.165, 1.54) is 146 Å². The second-order valence-corrected chi connectivity index (χ2v) is 33.7. The lowest BCUT2D eigenvalue weighted by Crippen LogP contribution is -2.45. The fraction of sp³-hybridized carbons (Fsp3) is 0.333. The summed E-state index contributed by atoms with van der Waals surface area (Å²) < 4.78 is 122. The molecule has 0 unspecified atom stereocenters. The zero-order valence-corrected chi connectivity index (χ0v) is 70.7. The number of aromatic hydroxyl groups is 1. The summed E-state index contributed by atoms with van der Waals surface area (Å²) in [6.07, 6.45) is 9.56. The third kappa shape index (κ3) is 21.8. The first-order chi connectivity index (χ1) is 60.5. The molecule has 0 bridgehead atoms. The van der Waals surface area contributed by atoms with Crippen LogP contribution >= 0.6 is 0 Å². The van der Waals surface area contributed by atoms with Gasteiger partial charge in [0.1, 0.15) is 90.8 Å². The van der Waals surface area contributed by atoms with E-state index in [2.05, 4.69) is 54.6 Å². The highest BCUT2D eigenvalue weighted by atomic mass is 19.4. The summed E-state index contributed by atoms with van der Waals surface area (Å²) in [7, 11) is 2.17. The summed E-state index contributed by atoms with van der Waals surface area (Å²) in [6.45, 7) is 20.5. The number of fused-ring (bicyclic) bond motifs is 5. The summed E-state index contributed by atoms with van der Waals surface area (Å²) in [4.78, 5) is 14.7. The van der Waals surface area contributed by atoms with Crippen LogP contribution in [0.5, 0.6) is 34.5 Å². The van der Waals surface area contributed by atoms with Gasteiger partial charge < -0.3 is 33.7 Å². The Bertz CT molecular complexity index is 5310. The number of phenolic OH excluding ortho intramolecular Hbond substituents is 1. The Labute approximate surface area is 724 Å². The zero-order chi connectivity index (χ0) is 85.3. The van der Waals surface area contributed by atoms with Crippen molar-refractivity contribution in [2.24, 2.45) is 0 Å². The molecule has 10 aliphatic rings. The Hall–Kier alpha value is -11.0. The van der Waals surface area contributed by atoms with Gasteiger partial charge >= 0.3 is 6.18 Å². The average Bonchev–Trinajstić information content (AvgIpc) is 0.839. The Morgan fingerprint density at radius 3 is 0.774 bits per heavy atom. The van der Waals surface area contributed by atoms with Crippen LogP contribution < -0.4 is 23.7 Å². The van der Waals surface area contributed by atoms with Crippen LogP contribution in [0.1, 0.15) is 132 Å². The maximum absolute atomic E-state index is 13.4. The van der Waals surface area contributed by atoms with Gasteiger partial charge in [-0.3, -0.25) is 24.5 Å². The number of rotatable bonds is 15. The third-order valence-corrected chi connectivity index (χ3v) is 24.9. The lowest BCUT2D eigenvalue weighted by atomic mass is 9.90. The maximum atomic E-state index is 13.4. The molecule has 0 radical (unpaired) electrons. The van der Waals surface area contributed by atoms with Gasteiger partial charge in [-0.05, 0) is 297 Å². The van der Waals surface area contributed by atoms with Crippen LogP contribution in [0.4, 0.5) is 30.7 Å². The number of alkyl halides is 3.